The van der Waals surface area contributed by atoms with Crippen LogP contribution in [0.25, 0.3) is 0 Å². The summed E-state index contributed by atoms with van der Waals surface area (Å²) in [7, 11) is -1.95. The van der Waals surface area contributed by atoms with Crippen molar-refractivity contribution in [1.29, 1.82) is 0 Å². The lowest BCUT2D eigenvalue weighted by atomic mass is 10.3. The van der Waals surface area contributed by atoms with Crippen LogP contribution in [0.2, 0.25) is 0 Å². The smallest absolute Gasteiger partial charge is 0.241 e. The van der Waals surface area contributed by atoms with Gasteiger partial charge in [0.05, 0.1) is 0 Å². The molecule has 1 heterocycles. The van der Waals surface area contributed by atoms with Gasteiger partial charge in [-0.05, 0) is 24.9 Å². The van der Waals surface area contributed by atoms with Gasteiger partial charge >= 0.3 is 0 Å². The van der Waals surface area contributed by atoms with Crippen molar-refractivity contribution in [3.8, 4) is 0 Å². The molecule has 0 unspecified atom stereocenters. The molecule has 3 N–H and O–H groups in total. The summed E-state index contributed by atoms with van der Waals surface area (Å²) in [5, 5.41) is 1.80. The van der Waals surface area contributed by atoms with Crippen molar-refractivity contribution in [2.75, 3.05) is 7.05 Å². The highest BCUT2D eigenvalue weighted by Crippen LogP contribution is 2.25. The van der Waals surface area contributed by atoms with Gasteiger partial charge in [-0.3, -0.25) is 0 Å². The fourth-order valence-electron chi connectivity index (χ4n) is 1.09. The van der Waals surface area contributed by atoms with Gasteiger partial charge in [0.2, 0.25) is 10.0 Å². The Morgan fingerprint density at radius 3 is 2.69 bits per heavy atom. The van der Waals surface area contributed by atoms with Crippen molar-refractivity contribution >= 4 is 21.4 Å². The number of sulfonamides is 1. The third-order valence-corrected chi connectivity index (χ3v) is 4.61. The van der Waals surface area contributed by atoms with E-state index in [0.717, 1.165) is 5.56 Å². The number of nitrogens with one attached hydrogen (secondary N) is 1. The molecule has 0 aliphatic carbocycles. The van der Waals surface area contributed by atoms with E-state index in [-0.39, 0.29) is 6.54 Å². The van der Waals surface area contributed by atoms with Crippen LogP contribution in [0.1, 0.15) is 10.4 Å². The summed E-state index contributed by atoms with van der Waals surface area (Å²) in [5.41, 5.74) is 6.18. The Morgan fingerprint density at radius 2 is 2.23 bits per heavy atom. The van der Waals surface area contributed by atoms with Gasteiger partial charge in [-0.15, -0.1) is 11.3 Å². The third-order valence-electron chi connectivity index (χ3n) is 1.71. The second-order valence-electron chi connectivity index (χ2n) is 2.58. The quantitative estimate of drug-likeness (QED) is 0.775. The van der Waals surface area contributed by atoms with Gasteiger partial charge in [0.25, 0.3) is 0 Å². The van der Waals surface area contributed by atoms with Crippen molar-refractivity contribution in [1.82, 2.24) is 4.72 Å². The summed E-state index contributed by atoms with van der Waals surface area (Å²) in [4.78, 5) is 1.04. The van der Waals surface area contributed by atoms with Crippen molar-refractivity contribution in [3.63, 3.8) is 0 Å². The summed E-state index contributed by atoms with van der Waals surface area (Å²) >= 11 is 1.37. The second-order valence-corrected chi connectivity index (χ2v) is 5.37. The van der Waals surface area contributed by atoms with E-state index < -0.39 is 10.0 Å². The predicted octanol–water partition coefficient (Wildman–Crippen LogP) is 0.423. The summed E-state index contributed by atoms with van der Waals surface area (Å²) in [6.45, 7) is 2.02. The number of nitrogens with two attached hydrogens (primary N) is 1. The van der Waals surface area contributed by atoms with Gasteiger partial charge < -0.3 is 5.73 Å². The highest BCUT2D eigenvalue weighted by Gasteiger charge is 2.20. The Labute approximate surface area is 81.8 Å². The molecule has 0 aromatic carbocycles. The summed E-state index contributed by atoms with van der Waals surface area (Å²) < 4.78 is 25.3. The zero-order valence-corrected chi connectivity index (χ0v) is 9.13. The molecule has 1 aromatic rings. The Kier molecular flexibility index (Phi) is 3.07. The monoisotopic (exact) mass is 220 g/mol. The van der Waals surface area contributed by atoms with Crippen LogP contribution in [-0.4, -0.2) is 15.5 Å². The maximum Gasteiger partial charge on any atom is 0.241 e. The fraction of sp³-hybridized carbons (Fsp3) is 0.429. The summed E-state index contributed by atoms with van der Waals surface area (Å²) in [6, 6.07) is 0. The van der Waals surface area contributed by atoms with Crippen LogP contribution in [0.5, 0.6) is 0 Å². The average molecular weight is 220 g/mol. The van der Waals surface area contributed by atoms with E-state index in [1.54, 1.807) is 12.3 Å². The van der Waals surface area contributed by atoms with Crippen molar-refractivity contribution < 1.29 is 8.42 Å². The van der Waals surface area contributed by atoms with E-state index >= 15 is 0 Å². The molecule has 0 atom stereocenters. The molecule has 0 amide bonds. The topological polar surface area (TPSA) is 72.2 Å². The average Bonchev–Trinajstić information content (AvgIpc) is 2.47. The van der Waals surface area contributed by atoms with Crippen molar-refractivity contribution in [2.45, 2.75) is 18.4 Å². The Bertz CT molecular complexity index is 395. The lowest BCUT2D eigenvalue weighted by Crippen LogP contribution is -2.20. The number of thiophene rings is 1. The van der Waals surface area contributed by atoms with Crippen LogP contribution < -0.4 is 10.5 Å². The van der Waals surface area contributed by atoms with E-state index in [1.807, 2.05) is 0 Å². The van der Waals surface area contributed by atoms with Gasteiger partial charge in [-0.2, -0.15) is 0 Å². The predicted molar refractivity (Wildman–Crippen MR) is 53.2 cm³/mol. The van der Waals surface area contributed by atoms with Gasteiger partial charge in [0.15, 0.2) is 0 Å². The standard InChI is InChI=1S/C7H12N2O2S2/c1-5-4-12-6(3-8)7(5)13(10,11)9-2/h4,9H,3,8H2,1-2H3. The Morgan fingerprint density at radius 1 is 1.62 bits per heavy atom. The van der Waals surface area contributed by atoms with Gasteiger partial charge in [-0.25, -0.2) is 13.1 Å². The SMILES string of the molecule is CNS(=O)(=O)c1c(C)csc1CN. The molecule has 0 saturated heterocycles. The first-order valence-electron chi connectivity index (χ1n) is 3.73. The van der Waals surface area contributed by atoms with Crippen molar-refractivity contribution in [3.05, 3.63) is 15.8 Å². The van der Waals surface area contributed by atoms with E-state index in [1.165, 1.54) is 18.4 Å². The van der Waals surface area contributed by atoms with E-state index in [4.69, 9.17) is 5.73 Å². The van der Waals surface area contributed by atoms with Crippen LogP contribution in [0.3, 0.4) is 0 Å². The Hall–Kier alpha value is -0.430. The molecule has 0 saturated carbocycles. The van der Waals surface area contributed by atoms with E-state index in [9.17, 15) is 8.42 Å². The lowest BCUT2D eigenvalue weighted by Gasteiger charge is -2.03. The minimum absolute atomic E-state index is 0.259. The molecule has 0 spiro atoms. The molecule has 0 radical (unpaired) electrons. The first-order chi connectivity index (χ1) is 6.03. The lowest BCUT2D eigenvalue weighted by molar-refractivity contribution is 0.587. The maximum atomic E-state index is 11.5. The molecule has 0 bridgehead atoms. The number of hydrogen-bond acceptors (Lipinski definition) is 4. The highest BCUT2D eigenvalue weighted by molar-refractivity contribution is 7.89. The summed E-state index contributed by atoms with van der Waals surface area (Å²) in [6.07, 6.45) is 0. The third kappa shape index (κ3) is 1.91. The molecule has 1 rings (SSSR count). The number of aryl methyl sites for hydroxylation is 1. The Balaban J connectivity index is 3.35. The minimum Gasteiger partial charge on any atom is -0.326 e. The van der Waals surface area contributed by atoms with Crippen LogP contribution in [0.4, 0.5) is 0 Å². The molecule has 0 fully saturated rings. The van der Waals surface area contributed by atoms with Crippen LogP contribution in [0.15, 0.2) is 10.3 Å². The van der Waals surface area contributed by atoms with Crippen LogP contribution in [-0.2, 0) is 16.6 Å². The van der Waals surface area contributed by atoms with Crippen LogP contribution >= 0.6 is 11.3 Å². The van der Waals surface area contributed by atoms with Crippen molar-refractivity contribution in [2.24, 2.45) is 5.73 Å². The minimum atomic E-state index is -3.35. The van der Waals surface area contributed by atoms with Gasteiger partial charge in [0, 0.05) is 11.4 Å². The second kappa shape index (κ2) is 3.75. The first-order valence-corrected chi connectivity index (χ1v) is 6.09. The van der Waals surface area contributed by atoms with E-state index in [2.05, 4.69) is 4.72 Å². The first kappa shape index (κ1) is 10.6. The molecular formula is C7H12N2O2S2. The largest absolute Gasteiger partial charge is 0.326 e. The number of hydrogen-bond donors (Lipinski definition) is 2. The molecule has 13 heavy (non-hydrogen) atoms. The highest BCUT2D eigenvalue weighted by atomic mass is 32.2. The molecule has 0 aliphatic heterocycles. The molecular weight excluding hydrogens is 208 g/mol. The zero-order valence-electron chi connectivity index (χ0n) is 7.49. The van der Waals surface area contributed by atoms with Gasteiger partial charge in [-0.1, -0.05) is 0 Å². The molecule has 1 aromatic heterocycles. The van der Waals surface area contributed by atoms with E-state index in [0.29, 0.717) is 9.77 Å². The summed E-state index contributed by atoms with van der Waals surface area (Å²) in [5.74, 6) is 0. The molecule has 0 aliphatic rings. The zero-order chi connectivity index (χ0) is 10.1. The molecule has 74 valence electrons. The fourth-order valence-corrected chi connectivity index (χ4v) is 3.51. The maximum absolute atomic E-state index is 11.5. The number of rotatable bonds is 3. The molecule has 4 nitrogen and oxygen atoms in total. The van der Waals surface area contributed by atoms with Crippen LogP contribution in [0, 0.1) is 6.92 Å². The van der Waals surface area contributed by atoms with Gasteiger partial charge in [0.1, 0.15) is 4.90 Å². The normalized spacial score (nSPS) is 11.9. The molecule has 6 heteroatoms.